The Labute approximate surface area is 119 Å². The Morgan fingerprint density at radius 2 is 2.05 bits per heavy atom. The van der Waals surface area contributed by atoms with Crippen LogP contribution in [-0.4, -0.2) is 12.5 Å². The number of carbonyl (C=O) groups excluding carboxylic acids is 1. The average Bonchev–Trinajstić information content (AvgIpc) is 2.43. The van der Waals surface area contributed by atoms with E-state index < -0.39 is 0 Å². The summed E-state index contributed by atoms with van der Waals surface area (Å²) in [6.07, 6.45) is 7.74. The van der Waals surface area contributed by atoms with Gasteiger partial charge in [-0.3, -0.25) is 4.79 Å². The third kappa shape index (κ3) is 4.13. The molecule has 2 rings (SSSR count). The normalized spacial score (nSPS) is 16.3. The fraction of sp³-hybridized carbons (Fsp3) is 0.533. The number of nitrogens with one attached hydrogen (secondary N) is 1. The number of hydrogen-bond donors (Lipinski definition) is 2. The smallest absolute Gasteiger partial charge is 0.251 e. The molecule has 1 aromatic rings. The molecule has 0 saturated heterocycles. The summed E-state index contributed by atoms with van der Waals surface area (Å²) in [5, 5.41) is 3.39. The van der Waals surface area contributed by atoms with E-state index in [1.54, 1.807) is 18.2 Å². The first kappa shape index (κ1) is 14.2. The molecule has 104 valence electrons. The maximum atomic E-state index is 11.9. The lowest BCUT2D eigenvalue weighted by atomic mass is 9.87. The fourth-order valence-corrected chi connectivity index (χ4v) is 2.82. The number of benzene rings is 1. The van der Waals surface area contributed by atoms with Gasteiger partial charge in [-0.25, -0.2) is 0 Å². The molecule has 0 spiro atoms. The highest BCUT2D eigenvalue weighted by atomic mass is 35.5. The van der Waals surface area contributed by atoms with Gasteiger partial charge in [-0.15, -0.1) is 0 Å². The zero-order valence-corrected chi connectivity index (χ0v) is 11.9. The van der Waals surface area contributed by atoms with E-state index in [2.05, 4.69) is 5.32 Å². The molecule has 1 amide bonds. The Morgan fingerprint density at radius 3 is 2.74 bits per heavy atom. The van der Waals surface area contributed by atoms with Crippen molar-refractivity contribution in [2.45, 2.75) is 38.5 Å². The van der Waals surface area contributed by atoms with Crippen molar-refractivity contribution in [3.8, 4) is 0 Å². The minimum absolute atomic E-state index is 0.0716. The zero-order valence-electron chi connectivity index (χ0n) is 11.1. The molecule has 0 aromatic heterocycles. The largest absolute Gasteiger partial charge is 0.398 e. The molecule has 3 N–H and O–H groups in total. The van der Waals surface area contributed by atoms with E-state index in [0.717, 1.165) is 18.9 Å². The van der Waals surface area contributed by atoms with Crippen LogP contribution in [0.1, 0.15) is 48.9 Å². The molecule has 1 aliphatic rings. The summed E-state index contributed by atoms with van der Waals surface area (Å²) in [5.74, 6) is 0.710. The summed E-state index contributed by atoms with van der Waals surface area (Å²) < 4.78 is 0. The van der Waals surface area contributed by atoms with Crippen LogP contribution in [0, 0.1) is 5.92 Å². The van der Waals surface area contributed by atoms with Gasteiger partial charge in [0.15, 0.2) is 0 Å². The maximum absolute atomic E-state index is 11.9. The van der Waals surface area contributed by atoms with Gasteiger partial charge in [0, 0.05) is 12.1 Å². The van der Waals surface area contributed by atoms with Crippen LogP contribution < -0.4 is 11.1 Å². The van der Waals surface area contributed by atoms with Gasteiger partial charge in [0.05, 0.1) is 10.7 Å². The van der Waals surface area contributed by atoms with E-state index in [4.69, 9.17) is 17.3 Å². The molecule has 0 bridgehead atoms. The first-order chi connectivity index (χ1) is 9.16. The van der Waals surface area contributed by atoms with Gasteiger partial charge in [0.25, 0.3) is 5.91 Å². The van der Waals surface area contributed by atoms with Crippen LogP contribution in [-0.2, 0) is 0 Å². The fourth-order valence-electron chi connectivity index (χ4n) is 2.64. The highest BCUT2D eigenvalue weighted by Gasteiger charge is 2.13. The molecule has 1 aromatic carbocycles. The summed E-state index contributed by atoms with van der Waals surface area (Å²) >= 11 is 5.91. The first-order valence-electron chi connectivity index (χ1n) is 7.00. The molecule has 0 aliphatic heterocycles. The number of anilines is 1. The average molecular weight is 281 g/mol. The predicted octanol–water partition coefficient (Wildman–Crippen LogP) is 3.62. The quantitative estimate of drug-likeness (QED) is 0.828. The van der Waals surface area contributed by atoms with E-state index in [1.165, 1.54) is 32.1 Å². The van der Waals surface area contributed by atoms with Crippen molar-refractivity contribution in [2.24, 2.45) is 5.92 Å². The Morgan fingerprint density at radius 1 is 1.32 bits per heavy atom. The van der Waals surface area contributed by atoms with E-state index in [-0.39, 0.29) is 5.91 Å². The molecular formula is C15H21ClN2O. The molecular weight excluding hydrogens is 260 g/mol. The molecule has 1 aliphatic carbocycles. The predicted molar refractivity (Wildman–Crippen MR) is 79.4 cm³/mol. The summed E-state index contributed by atoms with van der Waals surface area (Å²) in [5.41, 5.74) is 6.70. The number of nitrogens with two attached hydrogens (primary N) is 1. The van der Waals surface area contributed by atoms with Gasteiger partial charge >= 0.3 is 0 Å². The Balaban J connectivity index is 1.78. The minimum Gasteiger partial charge on any atom is -0.398 e. The number of hydrogen-bond acceptors (Lipinski definition) is 2. The second-order valence-corrected chi connectivity index (χ2v) is 5.69. The highest BCUT2D eigenvalue weighted by Crippen LogP contribution is 2.25. The lowest BCUT2D eigenvalue weighted by Crippen LogP contribution is -2.26. The summed E-state index contributed by atoms with van der Waals surface area (Å²) in [6, 6.07) is 4.99. The molecule has 3 nitrogen and oxygen atoms in total. The molecule has 19 heavy (non-hydrogen) atoms. The van der Waals surface area contributed by atoms with Gasteiger partial charge in [0.1, 0.15) is 0 Å². The molecule has 0 unspecified atom stereocenters. The van der Waals surface area contributed by atoms with Crippen molar-refractivity contribution >= 4 is 23.2 Å². The van der Waals surface area contributed by atoms with Crippen molar-refractivity contribution in [1.82, 2.24) is 5.32 Å². The first-order valence-corrected chi connectivity index (χ1v) is 7.38. The zero-order chi connectivity index (χ0) is 13.7. The van der Waals surface area contributed by atoms with Gasteiger partial charge in [-0.2, -0.15) is 0 Å². The lowest BCUT2D eigenvalue weighted by molar-refractivity contribution is 0.0950. The minimum atomic E-state index is -0.0716. The van der Waals surface area contributed by atoms with E-state index in [9.17, 15) is 4.79 Å². The molecule has 0 heterocycles. The van der Waals surface area contributed by atoms with Crippen molar-refractivity contribution in [2.75, 3.05) is 12.3 Å². The van der Waals surface area contributed by atoms with Crippen LogP contribution in [0.4, 0.5) is 5.69 Å². The van der Waals surface area contributed by atoms with E-state index in [0.29, 0.717) is 16.3 Å². The molecule has 0 atom stereocenters. The number of rotatable bonds is 4. The lowest BCUT2D eigenvalue weighted by Gasteiger charge is -2.21. The second-order valence-electron chi connectivity index (χ2n) is 5.28. The van der Waals surface area contributed by atoms with Crippen molar-refractivity contribution in [1.29, 1.82) is 0 Å². The SMILES string of the molecule is Nc1ccc(C(=O)NCCC2CCCCC2)cc1Cl. The topological polar surface area (TPSA) is 55.1 Å². The van der Waals surface area contributed by atoms with Crippen molar-refractivity contribution in [3.63, 3.8) is 0 Å². The van der Waals surface area contributed by atoms with Gasteiger partial charge in [-0.05, 0) is 30.5 Å². The van der Waals surface area contributed by atoms with Crippen LogP contribution >= 0.6 is 11.6 Å². The van der Waals surface area contributed by atoms with Gasteiger partial charge < -0.3 is 11.1 Å². The molecule has 1 fully saturated rings. The van der Waals surface area contributed by atoms with Gasteiger partial charge in [-0.1, -0.05) is 43.7 Å². The third-order valence-corrected chi connectivity index (χ3v) is 4.15. The molecule has 0 radical (unpaired) electrons. The Kier molecular flexibility index (Phi) is 5.08. The number of amides is 1. The maximum Gasteiger partial charge on any atom is 0.251 e. The number of carbonyl (C=O) groups is 1. The second kappa shape index (κ2) is 6.80. The van der Waals surface area contributed by atoms with Gasteiger partial charge in [0.2, 0.25) is 0 Å². The van der Waals surface area contributed by atoms with Crippen LogP contribution in [0.3, 0.4) is 0 Å². The molecule has 1 saturated carbocycles. The highest BCUT2D eigenvalue weighted by molar-refractivity contribution is 6.33. The van der Waals surface area contributed by atoms with Crippen molar-refractivity contribution < 1.29 is 4.79 Å². The Hall–Kier alpha value is -1.22. The van der Waals surface area contributed by atoms with Crippen LogP contribution in [0.15, 0.2) is 18.2 Å². The summed E-state index contributed by atoms with van der Waals surface area (Å²) in [7, 11) is 0. The number of halogens is 1. The van der Waals surface area contributed by atoms with E-state index >= 15 is 0 Å². The standard InChI is InChI=1S/C15H21ClN2O/c16-13-10-12(6-7-14(13)17)15(19)18-9-8-11-4-2-1-3-5-11/h6-7,10-11H,1-5,8-9,17H2,(H,18,19). The van der Waals surface area contributed by atoms with Crippen LogP contribution in [0.2, 0.25) is 5.02 Å². The molecule has 4 heteroatoms. The van der Waals surface area contributed by atoms with Crippen LogP contribution in [0.5, 0.6) is 0 Å². The Bertz CT molecular complexity index is 442. The summed E-state index contributed by atoms with van der Waals surface area (Å²) in [4.78, 5) is 11.9. The van der Waals surface area contributed by atoms with Crippen molar-refractivity contribution in [3.05, 3.63) is 28.8 Å². The van der Waals surface area contributed by atoms with Crippen LogP contribution in [0.25, 0.3) is 0 Å². The summed E-state index contributed by atoms with van der Waals surface area (Å²) in [6.45, 7) is 0.742. The van der Waals surface area contributed by atoms with E-state index in [1.807, 2.05) is 0 Å². The number of nitrogen functional groups attached to an aromatic ring is 1. The monoisotopic (exact) mass is 280 g/mol. The third-order valence-electron chi connectivity index (χ3n) is 3.83.